The predicted molar refractivity (Wildman–Crippen MR) is 121 cm³/mol. The number of rotatable bonds is 5. The minimum atomic E-state index is 0.305. The molecule has 4 aromatic rings. The highest BCUT2D eigenvalue weighted by Crippen LogP contribution is 2.33. The first-order chi connectivity index (χ1) is 14.0. The van der Waals surface area contributed by atoms with Crippen molar-refractivity contribution >= 4 is 28.1 Å². The highest BCUT2D eigenvalue weighted by molar-refractivity contribution is 5.96. The molecule has 0 aliphatic rings. The molecular formula is C24H26N4O. The van der Waals surface area contributed by atoms with Crippen LogP contribution in [-0.2, 0) is 13.5 Å². The van der Waals surface area contributed by atoms with Gasteiger partial charge in [-0.15, -0.1) is 0 Å². The summed E-state index contributed by atoms with van der Waals surface area (Å²) in [5.74, 6) is 1.08. The van der Waals surface area contributed by atoms with Crippen LogP contribution in [0.2, 0.25) is 0 Å². The van der Waals surface area contributed by atoms with Gasteiger partial charge in [-0.25, -0.2) is 4.98 Å². The zero-order valence-electron chi connectivity index (χ0n) is 17.3. The zero-order chi connectivity index (χ0) is 20.5. The van der Waals surface area contributed by atoms with E-state index in [1.165, 1.54) is 5.69 Å². The highest BCUT2D eigenvalue weighted by atomic mass is 16.3. The molecule has 0 spiro atoms. The second-order valence-corrected chi connectivity index (χ2v) is 7.44. The molecule has 2 heterocycles. The van der Waals surface area contributed by atoms with Gasteiger partial charge in [0.2, 0.25) is 0 Å². The Bertz CT molecular complexity index is 1160. The maximum atomic E-state index is 10.2. The number of hydrogen-bond donors (Lipinski definition) is 2. The molecule has 148 valence electrons. The van der Waals surface area contributed by atoms with E-state index in [2.05, 4.69) is 57.1 Å². The molecule has 0 aliphatic carbocycles. The van der Waals surface area contributed by atoms with Crippen molar-refractivity contribution in [1.82, 2.24) is 9.55 Å². The molecule has 0 fully saturated rings. The molecule has 5 nitrogen and oxygen atoms in total. The first-order valence-electron chi connectivity index (χ1n) is 9.79. The highest BCUT2D eigenvalue weighted by Gasteiger charge is 2.13. The fraction of sp³-hybridized carbons (Fsp3) is 0.208. The Labute approximate surface area is 171 Å². The molecular weight excluding hydrogens is 360 g/mol. The number of nitrogens with zero attached hydrogens (tertiary/aromatic N) is 3. The lowest BCUT2D eigenvalue weighted by Crippen LogP contribution is -2.08. The van der Waals surface area contributed by atoms with Crippen LogP contribution in [0.4, 0.5) is 17.2 Å². The third kappa shape index (κ3) is 3.51. The van der Waals surface area contributed by atoms with Crippen LogP contribution in [0.25, 0.3) is 22.2 Å². The molecule has 2 aromatic carbocycles. The lowest BCUT2D eigenvalue weighted by Gasteiger charge is -2.13. The molecule has 0 bridgehead atoms. The third-order valence-corrected chi connectivity index (χ3v) is 5.38. The lowest BCUT2D eigenvalue weighted by atomic mass is 10.1. The Morgan fingerprint density at radius 1 is 1.03 bits per heavy atom. The second-order valence-electron chi connectivity index (χ2n) is 7.44. The topological polar surface area (TPSA) is 53.3 Å². The van der Waals surface area contributed by atoms with Gasteiger partial charge in [0, 0.05) is 55.9 Å². The van der Waals surface area contributed by atoms with Crippen LogP contribution in [0.15, 0.2) is 60.8 Å². The summed E-state index contributed by atoms with van der Waals surface area (Å²) < 4.78 is 2.19. The average molecular weight is 386 g/mol. The number of hydrogen-bond acceptors (Lipinski definition) is 4. The number of phenols is 1. The van der Waals surface area contributed by atoms with E-state index in [0.717, 1.165) is 45.6 Å². The first kappa shape index (κ1) is 18.9. The number of anilines is 3. The van der Waals surface area contributed by atoms with Crippen molar-refractivity contribution in [3.63, 3.8) is 0 Å². The van der Waals surface area contributed by atoms with Crippen molar-refractivity contribution in [2.45, 2.75) is 13.3 Å². The minimum absolute atomic E-state index is 0.305. The van der Waals surface area contributed by atoms with E-state index < -0.39 is 0 Å². The monoisotopic (exact) mass is 386 g/mol. The van der Waals surface area contributed by atoms with Gasteiger partial charge in [-0.2, -0.15) is 0 Å². The van der Waals surface area contributed by atoms with Gasteiger partial charge in [-0.05, 0) is 47.9 Å². The van der Waals surface area contributed by atoms with E-state index in [1.54, 1.807) is 6.07 Å². The maximum Gasteiger partial charge on any atom is 0.139 e. The molecule has 0 amide bonds. The molecule has 29 heavy (non-hydrogen) atoms. The van der Waals surface area contributed by atoms with Gasteiger partial charge in [0.05, 0.1) is 5.52 Å². The Morgan fingerprint density at radius 3 is 2.45 bits per heavy atom. The molecule has 2 aromatic heterocycles. The van der Waals surface area contributed by atoms with Gasteiger partial charge in [-0.3, -0.25) is 0 Å². The van der Waals surface area contributed by atoms with Crippen LogP contribution >= 0.6 is 0 Å². The normalized spacial score (nSPS) is 11.0. The van der Waals surface area contributed by atoms with E-state index >= 15 is 0 Å². The lowest BCUT2D eigenvalue weighted by molar-refractivity contribution is 0.469. The standard InChI is InChI=1S/C24H26N4O/c1-5-16-6-9-18(14-23(16)29)26-24-20-15-22(28(4)21(20)12-13-25-24)17-7-10-19(11-8-17)27(2)3/h6-15,29H,5H2,1-4H3,(H,25,26). The quantitative estimate of drug-likeness (QED) is 0.487. The van der Waals surface area contributed by atoms with Crippen LogP contribution in [0.3, 0.4) is 0 Å². The number of fused-ring (bicyclic) bond motifs is 1. The van der Waals surface area contributed by atoms with Crippen molar-refractivity contribution in [2.24, 2.45) is 7.05 Å². The summed E-state index contributed by atoms with van der Waals surface area (Å²) in [5, 5.41) is 14.6. The van der Waals surface area contributed by atoms with Crippen LogP contribution in [-0.4, -0.2) is 28.8 Å². The summed E-state index contributed by atoms with van der Waals surface area (Å²) in [6, 6.07) is 18.4. The van der Waals surface area contributed by atoms with Gasteiger partial charge < -0.3 is 19.9 Å². The van der Waals surface area contributed by atoms with Crippen LogP contribution in [0, 0.1) is 0 Å². The smallest absolute Gasteiger partial charge is 0.139 e. The van der Waals surface area contributed by atoms with Gasteiger partial charge >= 0.3 is 0 Å². The molecule has 4 rings (SSSR count). The van der Waals surface area contributed by atoms with Gasteiger partial charge in [-0.1, -0.05) is 25.1 Å². The molecule has 0 atom stereocenters. The molecule has 2 N–H and O–H groups in total. The van der Waals surface area contributed by atoms with Crippen LogP contribution < -0.4 is 10.2 Å². The number of nitrogens with one attached hydrogen (secondary N) is 1. The fourth-order valence-corrected chi connectivity index (χ4v) is 3.65. The predicted octanol–water partition coefficient (Wildman–Crippen LogP) is 5.32. The van der Waals surface area contributed by atoms with E-state index in [-0.39, 0.29) is 0 Å². The molecule has 0 saturated carbocycles. The summed E-state index contributed by atoms with van der Waals surface area (Å²) in [6.45, 7) is 2.03. The molecule has 0 unspecified atom stereocenters. The Hall–Kier alpha value is -3.47. The van der Waals surface area contributed by atoms with E-state index in [1.807, 2.05) is 45.4 Å². The summed E-state index contributed by atoms with van der Waals surface area (Å²) in [7, 11) is 6.16. The van der Waals surface area contributed by atoms with Crippen molar-refractivity contribution in [1.29, 1.82) is 0 Å². The van der Waals surface area contributed by atoms with E-state index in [4.69, 9.17) is 0 Å². The largest absolute Gasteiger partial charge is 0.508 e. The van der Waals surface area contributed by atoms with Crippen molar-refractivity contribution < 1.29 is 5.11 Å². The third-order valence-electron chi connectivity index (χ3n) is 5.38. The molecule has 0 radical (unpaired) electrons. The number of pyridine rings is 1. The van der Waals surface area contributed by atoms with Crippen LogP contribution in [0.5, 0.6) is 5.75 Å². The van der Waals surface area contributed by atoms with Crippen molar-refractivity contribution in [2.75, 3.05) is 24.3 Å². The number of benzene rings is 2. The number of aromatic hydroxyl groups is 1. The molecule has 0 aliphatic heterocycles. The molecule has 5 heteroatoms. The van der Waals surface area contributed by atoms with Gasteiger partial charge in [0.1, 0.15) is 11.6 Å². The Morgan fingerprint density at radius 2 is 1.79 bits per heavy atom. The van der Waals surface area contributed by atoms with E-state index in [9.17, 15) is 5.11 Å². The Kier molecular flexibility index (Phi) is 4.89. The molecule has 0 saturated heterocycles. The average Bonchev–Trinajstić information content (AvgIpc) is 3.06. The number of phenolic OH excluding ortho intramolecular Hbond substituents is 1. The zero-order valence-corrected chi connectivity index (χ0v) is 17.3. The van der Waals surface area contributed by atoms with Gasteiger partial charge in [0.15, 0.2) is 0 Å². The van der Waals surface area contributed by atoms with Gasteiger partial charge in [0.25, 0.3) is 0 Å². The van der Waals surface area contributed by atoms with Crippen molar-refractivity contribution in [3.8, 4) is 17.0 Å². The SMILES string of the molecule is CCc1ccc(Nc2nccc3c2cc(-c2ccc(N(C)C)cc2)n3C)cc1O. The summed E-state index contributed by atoms with van der Waals surface area (Å²) in [6.07, 6.45) is 2.61. The number of aryl methyl sites for hydroxylation is 2. The fourth-order valence-electron chi connectivity index (χ4n) is 3.65. The second kappa shape index (κ2) is 7.51. The number of aromatic nitrogens is 2. The first-order valence-corrected chi connectivity index (χ1v) is 9.79. The minimum Gasteiger partial charge on any atom is -0.508 e. The van der Waals surface area contributed by atoms with Crippen LogP contribution in [0.1, 0.15) is 12.5 Å². The summed E-state index contributed by atoms with van der Waals surface area (Å²) >= 11 is 0. The Balaban J connectivity index is 1.73. The van der Waals surface area contributed by atoms with E-state index in [0.29, 0.717) is 5.75 Å². The summed E-state index contributed by atoms with van der Waals surface area (Å²) in [4.78, 5) is 6.64. The van der Waals surface area contributed by atoms with Crippen molar-refractivity contribution in [3.05, 3.63) is 66.4 Å². The maximum absolute atomic E-state index is 10.2. The summed E-state index contributed by atoms with van der Waals surface area (Å²) in [5.41, 5.74) is 6.32.